The molecule has 2 aromatic rings. The van der Waals surface area contributed by atoms with Gasteiger partial charge in [-0.2, -0.15) is 0 Å². The van der Waals surface area contributed by atoms with E-state index in [1.807, 2.05) is 12.1 Å². The van der Waals surface area contributed by atoms with Crippen molar-refractivity contribution in [2.75, 3.05) is 24.6 Å². The third-order valence-corrected chi connectivity index (χ3v) is 5.96. The molecule has 1 heterocycles. The molecule has 0 radical (unpaired) electrons. The number of hydrogen-bond donors (Lipinski definition) is 1. The zero-order chi connectivity index (χ0) is 21.7. The summed E-state index contributed by atoms with van der Waals surface area (Å²) in [6, 6.07) is 13.5. The van der Waals surface area contributed by atoms with Gasteiger partial charge in [-0.25, -0.2) is 4.79 Å². The smallest absolute Gasteiger partial charge is 0.338 e. The van der Waals surface area contributed by atoms with Gasteiger partial charge >= 0.3 is 5.97 Å². The monoisotopic (exact) mass is 408 g/mol. The summed E-state index contributed by atoms with van der Waals surface area (Å²) < 4.78 is 5.05. The van der Waals surface area contributed by atoms with Crippen molar-refractivity contribution in [3.8, 4) is 0 Å². The summed E-state index contributed by atoms with van der Waals surface area (Å²) in [7, 11) is 0. The first-order valence-corrected chi connectivity index (χ1v) is 10.8. The number of primary amides is 1. The van der Waals surface area contributed by atoms with E-state index in [0.717, 1.165) is 24.2 Å². The number of anilines is 1. The molecular weight excluding hydrogens is 376 g/mol. The van der Waals surface area contributed by atoms with Gasteiger partial charge < -0.3 is 15.4 Å². The highest BCUT2D eigenvalue weighted by Gasteiger charge is 2.29. The zero-order valence-corrected chi connectivity index (χ0v) is 18.2. The second-order valence-electron chi connectivity index (χ2n) is 8.12. The van der Waals surface area contributed by atoms with E-state index in [1.54, 1.807) is 19.1 Å². The molecule has 2 unspecified atom stereocenters. The van der Waals surface area contributed by atoms with Gasteiger partial charge in [-0.3, -0.25) is 4.79 Å². The minimum atomic E-state index is -0.480. The Kier molecular flexibility index (Phi) is 7.14. The van der Waals surface area contributed by atoms with E-state index in [4.69, 9.17) is 10.5 Å². The second-order valence-corrected chi connectivity index (χ2v) is 8.12. The molecule has 0 aliphatic carbocycles. The summed E-state index contributed by atoms with van der Waals surface area (Å²) in [4.78, 5) is 26.9. The molecule has 1 aliphatic rings. The van der Waals surface area contributed by atoms with Gasteiger partial charge in [0.15, 0.2) is 0 Å². The molecule has 1 fully saturated rings. The van der Waals surface area contributed by atoms with E-state index in [9.17, 15) is 9.59 Å². The minimum absolute atomic E-state index is 0.0900. The molecule has 30 heavy (non-hydrogen) atoms. The number of nitrogens with two attached hydrogens (primary N) is 1. The van der Waals surface area contributed by atoms with Crippen LogP contribution in [0.15, 0.2) is 42.5 Å². The number of amides is 1. The second kappa shape index (κ2) is 9.79. The number of carbonyl (C=O) groups excluding carboxylic acids is 2. The Hall–Kier alpha value is -2.82. The molecule has 1 amide bonds. The predicted molar refractivity (Wildman–Crippen MR) is 120 cm³/mol. The highest BCUT2D eigenvalue weighted by molar-refractivity contribution is 5.90. The van der Waals surface area contributed by atoms with Crippen LogP contribution in [-0.2, 0) is 9.53 Å². The van der Waals surface area contributed by atoms with Gasteiger partial charge in [-0.1, -0.05) is 36.8 Å². The average molecular weight is 409 g/mol. The standard InChI is InChI=1S/C25H32N2O3/c1-4-30-25(29)20-11-9-19(10-12-20)23(24(26)28)18(3)21-16-17(2)8-13-22(21)27-14-6-5-7-15-27/h8-13,16,18,23H,4-7,14-15H2,1-3H3,(H2,26,28). The van der Waals surface area contributed by atoms with Gasteiger partial charge in [0.05, 0.1) is 18.1 Å². The van der Waals surface area contributed by atoms with Crippen LogP contribution < -0.4 is 10.6 Å². The fourth-order valence-electron chi connectivity index (χ4n) is 4.38. The van der Waals surface area contributed by atoms with E-state index in [-0.39, 0.29) is 17.8 Å². The van der Waals surface area contributed by atoms with Gasteiger partial charge in [0.1, 0.15) is 0 Å². The first kappa shape index (κ1) is 21.9. The Morgan fingerprint density at radius 2 is 1.73 bits per heavy atom. The van der Waals surface area contributed by atoms with Crippen molar-refractivity contribution in [2.45, 2.75) is 51.9 Å². The van der Waals surface area contributed by atoms with E-state index in [0.29, 0.717) is 12.2 Å². The van der Waals surface area contributed by atoms with Gasteiger partial charge in [-0.15, -0.1) is 0 Å². The SMILES string of the molecule is CCOC(=O)c1ccc(C(C(N)=O)C(C)c2cc(C)ccc2N2CCCCC2)cc1. The molecule has 2 atom stereocenters. The molecule has 0 aromatic heterocycles. The number of hydrogen-bond acceptors (Lipinski definition) is 4. The summed E-state index contributed by atoms with van der Waals surface area (Å²) in [5.41, 5.74) is 10.7. The molecule has 5 heteroatoms. The van der Waals surface area contributed by atoms with Crippen LogP contribution in [-0.4, -0.2) is 31.6 Å². The summed E-state index contributed by atoms with van der Waals surface area (Å²) >= 11 is 0. The third kappa shape index (κ3) is 4.84. The molecule has 3 rings (SSSR count). The molecule has 160 valence electrons. The Morgan fingerprint density at radius 3 is 2.33 bits per heavy atom. The zero-order valence-electron chi connectivity index (χ0n) is 18.2. The van der Waals surface area contributed by atoms with Crippen LogP contribution in [0.2, 0.25) is 0 Å². The molecular formula is C25H32N2O3. The molecule has 0 saturated carbocycles. The summed E-state index contributed by atoms with van der Waals surface area (Å²) in [6.07, 6.45) is 3.65. The van der Waals surface area contributed by atoms with Gasteiger partial charge in [-0.05, 0) is 68.4 Å². The quantitative estimate of drug-likeness (QED) is 0.683. The summed E-state index contributed by atoms with van der Waals surface area (Å²) in [5, 5.41) is 0. The Labute approximate surface area is 179 Å². The van der Waals surface area contributed by atoms with Crippen LogP contribution in [0.1, 0.15) is 72.0 Å². The Bertz CT molecular complexity index is 886. The number of piperidine rings is 1. The molecule has 5 nitrogen and oxygen atoms in total. The number of nitrogens with zero attached hydrogens (tertiary/aromatic N) is 1. The fourth-order valence-corrected chi connectivity index (χ4v) is 4.38. The normalized spacial score (nSPS) is 16.0. The van der Waals surface area contributed by atoms with Crippen LogP contribution in [0.4, 0.5) is 5.69 Å². The van der Waals surface area contributed by atoms with E-state index < -0.39 is 5.92 Å². The van der Waals surface area contributed by atoms with Gasteiger partial charge in [0.2, 0.25) is 5.91 Å². The Balaban J connectivity index is 1.94. The first-order chi connectivity index (χ1) is 14.4. The van der Waals surface area contributed by atoms with Crippen LogP contribution in [0.3, 0.4) is 0 Å². The van der Waals surface area contributed by atoms with Crippen LogP contribution in [0.5, 0.6) is 0 Å². The molecule has 1 saturated heterocycles. The molecule has 2 N–H and O–H groups in total. The van der Waals surface area contributed by atoms with Crippen molar-refractivity contribution >= 4 is 17.6 Å². The highest BCUT2D eigenvalue weighted by atomic mass is 16.5. The molecule has 0 bridgehead atoms. The van der Waals surface area contributed by atoms with E-state index >= 15 is 0 Å². The Morgan fingerprint density at radius 1 is 1.07 bits per heavy atom. The maximum Gasteiger partial charge on any atom is 0.338 e. The largest absolute Gasteiger partial charge is 0.462 e. The molecule has 1 aliphatic heterocycles. The van der Waals surface area contributed by atoms with E-state index in [2.05, 4.69) is 36.9 Å². The number of ether oxygens (including phenoxy) is 1. The lowest BCUT2D eigenvalue weighted by molar-refractivity contribution is -0.119. The fraction of sp³-hybridized carbons (Fsp3) is 0.440. The molecule has 2 aromatic carbocycles. The average Bonchev–Trinajstić information content (AvgIpc) is 2.75. The number of benzene rings is 2. The minimum Gasteiger partial charge on any atom is -0.462 e. The van der Waals surface area contributed by atoms with Gasteiger partial charge in [0, 0.05) is 18.8 Å². The van der Waals surface area contributed by atoms with Crippen molar-refractivity contribution in [1.29, 1.82) is 0 Å². The highest BCUT2D eigenvalue weighted by Crippen LogP contribution is 2.39. The number of carbonyl (C=O) groups is 2. The van der Waals surface area contributed by atoms with Crippen LogP contribution in [0.25, 0.3) is 0 Å². The van der Waals surface area contributed by atoms with Crippen LogP contribution >= 0.6 is 0 Å². The number of aryl methyl sites for hydroxylation is 1. The lowest BCUT2D eigenvalue weighted by Crippen LogP contribution is -2.32. The number of rotatable bonds is 7. The van der Waals surface area contributed by atoms with Gasteiger partial charge in [0.25, 0.3) is 0 Å². The summed E-state index contributed by atoms with van der Waals surface area (Å²) in [5.74, 6) is -1.30. The topological polar surface area (TPSA) is 72.6 Å². The first-order valence-electron chi connectivity index (χ1n) is 10.8. The third-order valence-electron chi connectivity index (χ3n) is 5.96. The maximum atomic E-state index is 12.5. The van der Waals surface area contributed by atoms with Crippen molar-refractivity contribution < 1.29 is 14.3 Å². The van der Waals surface area contributed by atoms with Crippen molar-refractivity contribution in [2.24, 2.45) is 5.73 Å². The molecule has 0 spiro atoms. The predicted octanol–water partition coefficient (Wildman–Crippen LogP) is 4.53. The lowest BCUT2D eigenvalue weighted by atomic mass is 9.80. The summed E-state index contributed by atoms with van der Waals surface area (Å²) in [6.45, 7) is 8.32. The van der Waals surface area contributed by atoms with Crippen molar-refractivity contribution in [1.82, 2.24) is 0 Å². The van der Waals surface area contributed by atoms with Crippen molar-refractivity contribution in [3.05, 3.63) is 64.7 Å². The van der Waals surface area contributed by atoms with E-state index in [1.165, 1.54) is 30.5 Å². The van der Waals surface area contributed by atoms with Crippen molar-refractivity contribution in [3.63, 3.8) is 0 Å². The maximum absolute atomic E-state index is 12.5. The number of esters is 1. The lowest BCUT2D eigenvalue weighted by Gasteiger charge is -2.33. The van der Waals surface area contributed by atoms with Crippen LogP contribution in [0, 0.1) is 6.92 Å².